The molecule has 2 saturated heterocycles. The van der Waals surface area contributed by atoms with Crippen molar-refractivity contribution in [2.75, 3.05) is 111 Å². The van der Waals surface area contributed by atoms with Crippen LogP contribution in [0.15, 0.2) is 12.7 Å². The van der Waals surface area contributed by atoms with Gasteiger partial charge in [-0.1, -0.05) is 25.7 Å². The van der Waals surface area contributed by atoms with Gasteiger partial charge in [0.25, 0.3) is 0 Å². The quantitative estimate of drug-likeness (QED) is 0.0337. The molecule has 30 nitrogen and oxygen atoms in total. The monoisotopic (exact) mass is 1320 g/mol. The zero-order chi connectivity index (χ0) is 65.6. The fourth-order valence-electron chi connectivity index (χ4n) is 10.3. The molecule has 2 fully saturated rings. The molecule has 2 aliphatic heterocycles. The number of β-amino-alcohol motifs (C(OH)–C–C–N with tert-alkyl or cyclic N) is 1. The molecule has 4 heterocycles. The highest BCUT2D eigenvalue weighted by atomic mass is 31.2. The number of likely N-dealkylation sites (tertiary alicyclic amines) is 1. The standard InChI is InChI=1S/C58H102N10O20P2/c1-81-42-89(77,78)87-36-50-49(33-54(88-50)68-41-65-55-56(61)63-40-64-57(55)68)85-43-90(79,80)86-35-44-32-48(73)34-67(44)53(76)21-7-5-3-2-4-6-20-52(75)66-58(37-82-29-22-46(71)16-8-12-25-59,38-83-30-23-47(72)17-9-13-26-60)39-84-31-24-51(74)62-27-14-10-18-45(70)19-11-15-28-69/h40-41,44,48-50,54,69,73H,2-39,42-43,59-60H2,1H3,(H,62,74)(H,66,75)(H,77,78)(H,79,80)(H2,61,63,64)/t44-,48+,49-,50+,54+/m0/s1. The van der Waals surface area contributed by atoms with Gasteiger partial charge in [0.1, 0.15) is 59.8 Å². The number of imidazole rings is 1. The van der Waals surface area contributed by atoms with Crippen LogP contribution in [0, 0.1) is 0 Å². The van der Waals surface area contributed by atoms with Crippen LogP contribution in [0.5, 0.6) is 0 Å². The van der Waals surface area contributed by atoms with Crippen molar-refractivity contribution in [1.29, 1.82) is 0 Å². The highest BCUT2D eigenvalue weighted by Gasteiger charge is 2.42. The summed E-state index contributed by atoms with van der Waals surface area (Å²) in [4.78, 5) is 112. The van der Waals surface area contributed by atoms with Gasteiger partial charge in [0.2, 0.25) is 17.7 Å². The van der Waals surface area contributed by atoms with Gasteiger partial charge in [-0.25, -0.2) is 15.0 Å². The van der Waals surface area contributed by atoms with Gasteiger partial charge in [-0.05, 0) is 83.7 Å². The second kappa shape index (κ2) is 43.5. The molecule has 0 aromatic carbocycles. The Labute approximate surface area is 527 Å². The molecule has 0 saturated carbocycles. The number of amides is 3. The van der Waals surface area contributed by atoms with E-state index in [0.717, 1.165) is 25.7 Å². The van der Waals surface area contributed by atoms with Gasteiger partial charge in [-0.2, -0.15) is 0 Å². The van der Waals surface area contributed by atoms with Crippen molar-refractivity contribution in [2.45, 2.75) is 197 Å². The second-order valence-electron chi connectivity index (χ2n) is 23.1. The number of Topliss-reactive ketones (excluding diaryl/α,β-unsaturated/α-hetero) is 3. The van der Waals surface area contributed by atoms with Crippen molar-refractivity contribution in [3.8, 4) is 0 Å². The summed E-state index contributed by atoms with van der Waals surface area (Å²) >= 11 is 0. The molecule has 2 unspecified atom stereocenters. The molecule has 2 aromatic rings. The molecule has 12 N–H and O–H groups in total. The summed E-state index contributed by atoms with van der Waals surface area (Å²) in [6.07, 6.45) is 9.35. The van der Waals surface area contributed by atoms with E-state index in [1.165, 1.54) is 24.7 Å². The summed E-state index contributed by atoms with van der Waals surface area (Å²) in [6.45, 7) is 0.519. The number of ether oxygens (including phenoxy) is 6. The molecule has 32 heteroatoms. The number of aliphatic hydroxyl groups is 2. The number of rotatable bonds is 54. The molecular weight excluding hydrogens is 1220 g/mol. The number of fused-ring (bicyclic) bond motifs is 1. The number of hydrogen-bond acceptors (Lipinski definition) is 24. The van der Waals surface area contributed by atoms with Crippen molar-refractivity contribution in [3.63, 3.8) is 0 Å². The van der Waals surface area contributed by atoms with Crippen LogP contribution >= 0.6 is 15.2 Å². The lowest BCUT2D eigenvalue weighted by Crippen LogP contribution is -2.58. The molecule has 0 spiro atoms. The Bertz CT molecular complexity index is 2520. The van der Waals surface area contributed by atoms with E-state index in [2.05, 4.69) is 25.6 Å². The zero-order valence-corrected chi connectivity index (χ0v) is 54.3. The highest BCUT2D eigenvalue weighted by molar-refractivity contribution is 7.52. The number of aromatic nitrogens is 4. The van der Waals surface area contributed by atoms with Crippen LogP contribution in [0.3, 0.4) is 0 Å². The predicted molar refractivity (Wildman–Crippen MR) is 330 cm³/mol. The van der Waals surface area contributed by atoms with Crippen LogP contribution in [-0.4, -0.2) is 215 Å². The summed E-state index contributed by atoms with van der Waals surface area (Å²) in [7, 11) is -7.45. The number of aliphatic hydroxyl groups excluding tert-OH is 2. The summed E-state index contributed by atoms with van der Waals surface area (Å²) in [5, 5.41) is 25.4. The summed E-state index contributed by atoms with van der Waals surface area (Å²) < 4.78 is 73.1. The van der Waals surface area contributed by atoms with Gasteiger partial charge >= 0.3 is 15.2 Å². The Hall–Kier alpha value is -4.33. The number of hydrogen-bond donors (Lipinski definition) is 9. The number of unbranched alkanes of at least 4 members (excludes halogenated alkanes) is 9. The molecular formula is C58H102N10O20P2. The fraction of sp³-hybridized carbons (Fsp3) is 0.810. The third-order valence-electron chi connectivity index (χ3n) is 15.2. The van der Waals surface area contributed by atoms with E-state index in [0.29, 0.717) is 121 Å². The zero-order valence-electron chi connectivity index (χ0n) is 52.5. The molecule has 3 amide bonds. The first-order valence-corrected chi connectivity index (χ1v) is 35.2. The molecule has 0 aliphatic carbocycles. The van der Waals surface area contributed by atoms with Crippen LogP contribution < -0.4 is 27.8 Å². The van der Waals surface area contributed by atoms with E-state index in [9.17, 15) is 52.8 Å². The Balaban J connectivity index is 1.25. The summed E-state index contributed by atoms with van der Waals surface area (Å²) in [6, 6.07) is -0.695. The SMILES string of the molecule is COCP(=O)(O)OC[C@H]1O[C@@H](n2cnc3c(N)ncnc32)C[C@@H]1OCP(=O)(O)OC[C@@H]1C[C@@H](O)CN1C(=O)CCCCCCCCC(=O)NC(COCCC(=O)CCCCN)(COCCC(=O)CCCCN)COCCC(=O)NCCCCC(=O)CCCCO. The van der Waals surface area contributed by atoms with E-state index in [1.807, 2.05) is 0 Å². The first-order valence-electron chi connectivity index (χ1n) is 31.7. The third-order valence-corrected chi connectivity index (χ3v) is 17.4. The number of nitrogens with one attached hydrogen (secondary N) is 2. The number of nitrogens with two attached hydrogens (primary N) is 3. The Morgan fingerprint density at radius 1 is 0.678 bits per heavy atom. The predicted octanol–water partition coefficient (Wildman–Crippen LogP) is 3.62. The average Bonchev–Trinajstić information content (AvgIpc) is 1.66. The number of carbonyl (C=O) groups excluding carboxylic acids is 6. The van der Waals surface area contributed by atoms with Crippen LogP contribution in [-0.2, 0) is 75.4 Å². The number of ketones is 3. The first kappa shape index (κ1) is 78.1. The van der Waals surface area contributed by atoms with Crippen molar-refractivity contribution in [1.82, 2.24) is 35.1 Å². The van der Waals surface area contributed by atoms with Crippen molar-refractivity contribution in [3.05, 3.63) is 12.7 Å². The molecule has 7 atom stereocenters. The third kappa shape index (κ3) is 31.1. The Kier molecular flexibility index (Phi) is 37.8. The molecule has 4 rings (SSSR count). The largest absolute Gasteiger partial charge is 0.396 e. The van der Waals surface area contributed by atoms with Gasteiger partial charge in [0, 0.05) is 91.0 Å². The van der Waals surface area contributed by atoms with Crippen molar-refractivity contribution >= 4 is 67.2 Å². The maximum absolute atomic E-state index is 13.8. The fourth-order valence-corrected chi connectivity index (χ4v) is 11.9. The lowest BCUT2D eigenvalue weighted by Gasteiger charge is -2.34. The summed E-state index contributed by atoms with van der Waals surface area (Å²) in [5.41, 5.74) is 16.6. The van der Waals surface area contributed by atoms with Crippen LogP contribution in [0.1, 0.15) is 167 Å². The van der Waals surface area contributed by atoms with E-state index in [-0.39, 0.29) is 145 Å². The maximum atomic E-state index is 13.8. The van der Waals surface area contributed by atoms with Gasteiger partial charge in [0.05, 0.1) is 77.4 Å². The summed E-state index contributed by atoms with van der Waals surface area (Å²) in [5.74, 6) is -0.500. The molecule has 90 heavy (non-hydrogen) atoms. The van der Waals surface area contributed by atoms with Gasteiger partial charge in [-0.3, -0.25) is 42.5 Å². The average molecular weight is 1320 g/mol. The molecule has 2 aliphatic rings. The number of nitrogens with zero attached hydrogens (tertiary/aromatic N) is 5. The van der Waals surface area contributed by atoms with Gasteiger partial charge in [-0.15, -0.1) is 0 Å². The Morgan fingerprint density at radius 3 is 1.86 bits per heavy atom. The van der Waals surface area contributed by atoms with Crippen molar-refractivity contribution < 1.29 is 95.4 Å². The topological polar surface area (TPSA) is 440 Å². The lowest BCUT2D eigenvalue weighted by atomic mass is 10.0. The second-order valence-corrected chi connectivity index (χ2v) is 26.7. The maximum Gasteiger partial charge on any atom is 0.353 e. The minimum Gasteiger partial charge on any atom is -0.396 e. The van der Waals surface area contributed by atoms with E-state index in [1.54, 1.807) is 4.57 Å². The number of anilines is 1. The van der Waals surface area contributed by atoms with Crippen molar-refractivity contribution in [2.24, 2.45) is 11.5 Å². The minimum atomic E-state index is -4.50. The number of nitrogen functional groups attached to an aromatic ring is 1. The van der Waals surface area contributed by atoms with Crippen LogP contribution in [0.4, 0.5) is 5.82 Å². The van der Waals surface area contributed by atoms with E-state index >= 15 is 0 Å². The Morgan fingerprint density at radius 2 is 1.23 bits per heavy atom. The first-order chi connectivity index (χ1) is 43.2. The molecule has 0 radical (unpaired) electrons. The minimum absolute atomic E-state index is 0.00611. The molecule has 514 valence electrons. The van der Waals surface area contributed by atoms with E-state index in [4.69, 9.17) is 59.8 Å². The number of carbonyl (C=O) groups is 6. The molecule has 2 aromatic heterocycles. The van der Waals surface area contributed by atoms with Crippen LogP contribution in [0.25, 0.3) is 11.2 Å². The highest BCUT2D eigenvalue weighted by Crippen LogP contribution is 2.46. The molecule has 0 bridgehead atoms. The van der Waals surface area contributed by atoms with Gasteiger partial charge < -0.3 is 90.2 Å². The van der Waals surface area contributed by atoms with Gasteiger partial charge in [0.15, 0.2) is 11.5 Å². The van der Waals surface area contributed by atoms with Crippen LogP contribution in [0.2, 0.25) is 0 Å². The van der Waals surface area contributed by atoms with E-state index < -0.39 is 70.6 Å². The smallest absolute Gasteiger partial charge is 0.353 e. The lowest BCUT2D eigenvalue weighted by molar-refractivity contribution is -0.133. The number of methoxy groups -OCH3 is 1. The normalized spacial score (nSPS) is 19.1.